The van der Waals surface area contributed by atoms with Crippen molar-refractivity contribution in [2.24, 2.45) is 0 Å². The summed E-state index contributed by atoms with van der Waals surface area (Å²) in [6.07, 6.45) is 5.59. The molecule has 2 aliphatic heterocycles. The van der Waals surface area contributed by atoms with E-state index in [-0.39, 0.29) is 5.91 Å². The Morgan fingerprint density at radius 3 is 2.46 bits per heavy atom. The number of nitrogens with zero attached hydrogens (tertiary/aromatic N) is 2. The van der Waals surface area contributed by atoms with Crippen LogP contribution in [0.1, 0.15) is 18.4 Å². The van der Waals surface area contributed by atoms with Gasteiger partial charge in [-0.05, 0) is 56.8 Å². The molecule has 0 saturated carbocycles. The molecule has 1 aromatic carbocycles. The van der Waals surface area contributed by atoms with E-state index in [4.69, 9.17) is 4.74 Å². The van der Waals surface area contributed by atoms with Crippen LogP contribution in [0.3, 0.4) is 0 Å². The maximum atomic E-state index is 12.0. The van der Waals surface area contributed by atoms with Gasteiger partial charge in [0, 0.05) is 30.9 Å². The highest BCUT2D eigenvalue weighted by Crippen LogP contribution is 2.17. The molecule has 2 fully saturated rings. The van der Waals surface area contributed by atoms with E-state index < -0.39 is 0 Å². The molecule has 0 radical (unpaired) electrons. The highest BCUT2D eigenvalue weighted by Gasteiger charge is 2.17. The molecule has 5 nitrogen and oxygen atoms in total. The summed E-state index contributed by atoms with van der Waals surface area (Å²) in [5.74, 6) is 0.00167. The van der Waals surface area contributed by atoms with Crippen LogP contribution in [0.2, 0.25) is 0 Å². The molecular weight excluding hydrogens is 302 g/mol. The van der Waals surface area contributed by atoms with Crippen LogP contribution in [0.5, 0.6) is 0 Å². The number of morpholine rings is 1. The summed E-state index contributed by atoms with van der Waals surface area (Å²) >= 11 is 0. The summed E-state index contributed by atoms with van der Waals surface area (Å²) in [5.41, 5.74) is 2.26. The molecule has 3 rings (SSSR count). The van der Waals surface area contributed by atoms with Crippen LogP contribution in [0, 0.1) is 0 Å². The van der Waals surface area contributed by atoms with Crippen LogP contribution in [-0.2, 0) is 9.53 Å². The minimum absolute atomic E-state index is 0.00167. The lowest BCUT2D eigenvalue weighted by Gasteiger charge is -2.29. The molecule has 1 amide bonds. The number of nitrogens with one attached hydrogen (secondary N) is 1. The second kappa shape index (κ2) is 8.31. The number of hydrogen-bond acceptors (Lipinski definition) is 4. The number of likely N-dealkylation sites (tertiary alicyclic amines) is 1. The first-order valence-electron chi connectivity index (χ1n) is 8.80. The normalized spacial score (nSPS) is 20.5. The monoisotopic (exact) mass is 329 g/mol. The fraction of sp³-hybridized carbons (Fsp3) is 0.526. The molecule has 5 heteroatoms. The summed E-state index contributed by atoms with van der Waals surface area (Å²) in [6.45, 7) is 5.56. The lowest BCUT2D eigenvalue weighted by Crippen LogP contribution is -2.42. The molecule has 24 heavy (non-hydrogen) atoms. The predicted molar refractivity (Wildman–Crippen MR) is 97.2 cm³/mol. The number of hydrogen-bond donors (Lipinski definition) is 1. The largest absolute Gasteiger partial charge is 0.378 e. The van der Waals surface area contributed by atoms with Crippen molar-refractivity contribution in [3.05, 3.63) is 35.9 Å². The van der Waals surface area contributed by atoms with Gasteiger partial charge in [0.05, 0.1) is 13.2 Å². The average molecular weight is 329 g/mol. The van der Waals surface area contributed by atoms with E-state index in [2.05, 4.69) is 46.4 Å². The molecule has 0 aliphatic carbocycles. The second-order valence-electron chi connectivity index (χ2n) is 6.61. The maximum Gasteiger partial charge on any atom is 0.244 e. The molecular formula is C19H27N3O2. The average Bonchev–Trinajstić information content (AvgIpc) is 2.63. The van der Waals surface area contributed by atoms with Gasteiger partial charge in [-0.15, -0.1) is 0 Å². The van der Waals surface area contributed by atoms with Gasteiger partial charge in [-0.1, -0.05) is 12.1 Å². The minimum Gasteiger partial charge on any atom is -0.378 e. The number of carbonyl (C=O) groups excluding carboxylic acids is 1. The molecule has 1 aromatic rings. The van der Waals surface area contributed by atoms with Crippen molar-refractivity contribution in [1.29, 1.82) is 0 Å². The van der Waals surface area contributed by atoms with Crippen molar-refractivity contribution in [2.75, 3.05) is 51.3 Å². The van der Waals surface area contributed by atoms with Crippen molar-refractivity contribution in [3.63, 3.8) is 0 Å². The fourth-order valence-corrected chi connectivity index (χ4v) is 3.19. The van der Waals surface area contributed by atoms with E-state index in [0.717, 1.165) is 57.8 Å². The van der Waals surface area contributed by atoms with Crippen LogP contribution in [-0.4, -0.2) is 63.3 Å². The van der Waals surface area contributed by atoms with E-state index >= 15 is 0 Å². The molecule has 0 spiro atoms. The van der Waals surface area contributed by atoms with Gasteiger partial charge in [0.15, 0.2) is 0 Å². The Balaban J connectivity index is 1.49. The van der Waals surface area contributed by atoms with Crippen LogP contribution < -0.4 is 10.2 Å². The predicted octanol–water partition coefficient (Wildman–Crippen LogP) is 1.75. The molecule has 0 atom stereocenters. The van der Waals surface area contributed by atoms with Crippen molar-refractivity contribution in [1.82, 2.24) is 10.2 Å². The van der Waals surface area contributed by atoms with Crippen LogP contribution in [0.4, 0.5) is 5.69 Å². The lowest BCUT2D eigenvalue weighted by molar-refractivity contribution is -0.117. The summed E-state index contributed by atoms with van der Waals surface area (Å²) < 4.78 is 5.38. The van der Waals surface area contributed by atoms with Gasteiger partial charge in [0.25, 0.3) is 0 Å². The molecule has 2 heterocycles. The first kappa shape index (κ1) is 17.0. The quantitative estimate of drug-likeness (QED) is 0.855. The summed E-state index contributed by atoms with van der Waals surface area (Å²) in [5, 5.41) is 3.10. The maximum absolute atomic E-state index is 12.0. The first-order valence-corrected chi connectivity index (χ1v) is 8.80. The Hall–Kier alpha value is -1.85. The topological polar surface area (TPSA) is 44.8 Å². The van der Waals surface area contributed by atoms with E-state index in [1.54, 1.807) is 6.08 Å². The van der Waals surface area contributed by atoms with Gasteiger partial charge in [-0.2, -0.15) is 0 Å². The number of ether oxygens (including phenoxy) is 1. The van der Waals surface area contributed by atoms with Crippen LogP contribution in [0.15, 0.2) is 30.3 Å². The third-order valence-electron chi connectivity index (χ3n) is 4.76. The van der Waals surface area contributed by atoms with E-state index in [1.807, 2.05) is 6.08 Å². The molecule has 2 saturated heterocycles. The number of amides is 1. The lowest BCUT2D eigenvalue weighted by atomic mass is 10.1. The van der Waals surface area contributed by atoms with Gasteiger partial charge >= 0.3 is 0 Å². The molecule has 0 aromatic heterocycles. The number of anilines is 1. The smallest absolute Gasteiger partial charge is 0.244 e. The van der Waals surface area contributed by atoms with Crippen molar-refractivity contribution in [3.8, 4) is 0 Å². The Labute approximate surface area is 144 Å². The van der Waals surface area contributed by atoms with Gasteiger partial charge in [0.2, 0.25) is 5.91 Å². The Kier molecular flexibility index (Phi) is 5.88. The Morgan fingerprint density at radius 1 is 1.12 bits per heavy atom. The highest BCUT2D eigenvalue weighted by atomic mass is 16.5. The van der Waals surface area contributed by atoms with Crippen molar-refractivity contribution < 1.29 is 9.53 Å². The van der Waals surface area contributed by atoms with E-state index in [0.29, 0.717) is 6.04 Å². The number of rotatable bonds is 4. The molecule has 130 valence electrons. The Bertz CT molecular complexity index is 556. The number of carbonyl (C=O) groups is 1. The zero-order valence-corrected chi connectivity index (χ0v) is 14.4. The second-order valence-corrected chi connectivity index (χ2v) is 6.61. The molecule has 0 bridgehead atoms. The SMILES string of the molecule is CN1CCC(NC(=O)C=Cc2ccc(N3CCOCC3)cc2)CC1. The standard InChI is InChI=1S/C19H27N3O2/c1-21-10-8-17(9-11-21)20-19(23)7-4-16-2-5-18(6-3-16)22-12-14-24-15-13-22/h2-7,17H,8-15H2,1H3,(H,20,23). The van der Waals surface area contributed by atoms with E-state index in [1.165, 1.54) is 5.69 Å². The van der Waals surface area contributed by atoms with E-state index in [9.17, 15) is 4.79 Å². The third kappa shape index (κ3) is 4.82. The number of benzene rings is 1. The third-order valence-corrected chi connectivity index (χ3v) is 4.76. The first-order chi connectivity index (χ1) is 11.7. The molecule has 1 N–H and O–H groups in total. The molecule has 0 unspecified atom stereocenters. The highest BCUT2D eigenvalue weighted by molar-refractivity contribution is 5.91. The number of piperidine rings is 1. The van der Waals surface area contributed by atoms with Crippen molar-refractivity contribution >= 4 is 17.7 Å². The van der Waals surface area contributed by atoms with Crippen LogP contribution >= 0.6 is 0 Å². The van der Waals surface area contributed by atoms with Crippen molar-refractivity contribution in [2.45, 2.75) is 18.9 Å². The van der Waals surface area contributed by atoms with Gasteiger partial charge < -0.3 is 19.9 Å². The zero-order chi connectivity index (χ0) is 16.8. The van der Waals surface area contributed by atoms with Crippen LogP contribution in [0.25, 0.3) is 6.08 Å². The fourth-order valence-electron chi connectivity index (χ4n) is 3.19. The zero-order valence-electron chi connectivity index (χ0n) is 14.4. The minimum atomic E-state index is 0.00167. The summed E-state index contributed by atoms with van der Waals surface area (Å²) in [6, 6.07) is 8.65. The Morgan fingerprint density at radius 2 is 1.79 bits per heavy atom. The summed E-state index contributed by atoms with van der Waals surface area (Å²) in [4.78, 5) is 16.7. The van der Waals surface area contributed by atoms with Gasteiger partial charge in [-0.3, -0.25) is 4.79 Å². The summed E-state index contributed by atoms with van der Waals surface area (Å²) in [7, 11) is 2.12. The van der Waals surface area contributed by atoms with Gasteiger partial charge in [0.1, 0.15) is 0 Å². The molecule has 2 aliphatic rings. The van der Waals surface area contributed by atoms with Gasteiger partial charge in [-0.25, -0.2) is 0 Å².